The number of azide groups is 1. The molecule has 0 spiro atoms. The van der Waals surface area contributed by atoms with Crippen molar-refractivity contribution in [2.45, 2.75) is 19.8 Å². The Balaban J connectivity index is 2.93. The summed E-state index contributed by atoms with van der Waals surface area (Å²) in [5.41, 5.74) is 9.12. The van der Waals surface area contributed by atoms with Gasteiger partial charge in [-0.1, -0.05) is 17.2 Å². The molecule has 11 heteroatoms. The van der Waals surface area contributed by atoms with Gasteiger partial charge in [-0.3, -0.25) is 10.1 Å². The number of hydrogen-bond acceptors (Lipinski definition) is 8. The van der Waals surface area contributed by atoms with Gasteiger partial charge in [-0.15, -0.1) is 0 Å². The number of rotatable bonds is 5. The minimum atomic E-state index is -1.10. The predicted molar refractivity (Wildman–Crippen MR) is 97.2 cm³/mol. The third kappa shape index (κ3) is 3.51. The smallest absolute Gasteiger partial charge is 0.336 e. The van der Waals surface area contributed by atoms with Gasteiger partial charge in [0.1, 0.15) is 5.69 Å². The summed E-state index contributed by atoms with van der Waals surface area (Å²) in [6, 6.07) is 3.98. The lowest BCUT2D eigenvalue weighted by Crippen LogP contribution is -2.32. The van der Waals surface area contributed by atoms with Crippen molar-refractivity contribution in [2.75, 3.05) is 14.2 Å². The Morgan fingerprint density at radius 3 is 2.14 bits per heavy atom. The molecule has 1 aromatic rings. The van der Waals surface area contributed by atoms with Crippen molar-refractivity contribution >= 4 is 23.3 Å². The highest BCUT2D eigenvalue weighted by Crippen LogP contribution is 2.45. The number of esters is 2. The summed E-state index contributed by atoms with van der Waals surface area (Å²) in [5, 5.41) is 17.8. The molecular formula is C17H17N5O6. The van der Waals surface area contributed by atoms with Crippen LogP contribution in [0.3, 0.4) is 0 Å². The van der Waals surface area contributed by atoms with Gasteiger partial charge in [0.15, 0.2) is 0 Å². The van der Waals surface area contributed by atoms with E-state index in [2.05, 4.69) is 15.3 Å². The fourth-order valence-electron chi connectivity index (χ4n) is 3.15. The maximum Gasteiger partial charge on any atom is 0.336 e. The van der Waals surface area contributed by atoms with Crippen LogP contribution in [0.15, 0.2) is 45.9 Å². The number of methoxy groups -OCH3 is 2. The van der Waals surface area contributed by atoms with E-state index in [9.17, 15) is 19.7 Å². The zero-order valence-corrected chi connectivity index (χ0v) is 15.5. The van der Waals surface area contributed by atoms with Crippen LogP contribution in [0.5, 0.6) is 0 Å². The predicted octanol–water partition coefficient (Wildman–Crippen LogP) is 3.12. The van der Waals surface area contributed by atoms with E-state index in [-0.39, 0.29) is 22.4 Å². The molecule has 2 rings (SSSR count). The highest BCUT2D eigenvalue weighted by molar-refractivity contribution is 6.00. The second-order valence-electron chi connectivity index (χ2n) is 5.78. The lowest BCUT2D eigenvalue weighted by molar-refractivity contribution is -0.384. The molecule has 146 valence electrons. The lowest BCUT2D eigenvalue weighted by Gasteiger charge is -2.30. The van der Waals surface area contributed by atoms with E-state index >= 15 is 0 Å². The molecule has 1 aliphatic heterocycles. The van der Waals surface area contributed by atoms with E-state index in [1.165, 1.54) is 26.4 Å². The molecule has 0 fully saturated rings. The Kier molecular flexibility index (Phi) is 6.01. The second-order valence-corrected chi connectivity index (χ2v) is 5.78. The largest absolute Gasteiger partial charge is 0.466 e. The number of nitrogens with zero attached hydrogens (tertiary/aromatic N) is 4. The second kappa shape index (κ2) is 8.23. The average molecular weight is 387 g/mol. The van der Waals surface area contributed by atoms with E-state index in [1.807, 2.05) is 0 Å². The fourth-order valence-corrected chi connectivity index (χ4v) is 3.15. The highest BCUT2D eigenvalue weighted by atomic mass is 16.6. The van der Waals surface area contributed by atoms with Crippen LogP contribution in [0.2, 0.25) is 0 Å². The van der Waals surface area contributed by atoms with Crippen LogP contribution in [0.25, 0.3) is 10.4 Å². The van der Waals surface area contributed by atoms with Crippen molar-refractivity contribution in [3.63, 3.8) is 0 Å². The van der Waals surface area contributed by atoms with Crippen molar-refractivity contribution < 1.29 is 24.0 Å². The van der Waals surface area contributed by atoms with E-state index in [1.54, 1.807) is 13.8 Å². The molecule has 1 heterocycles. The summed E-state index contributed by atoms with van der Waals surface area (Å²) in [5.74, 6) is -2.59. The number of hydrogen-bond donors (Lipinski definition) is 1. The fraction of sp³-hybridized carbons (Fsp3) is 0.294. The van der Waals surface area contributed by atoms with Crippen molar-refractivity contribution in [2.24, 2.45) is 5.11 Å². The molecule has 0 saturated heterocycles. The third-order valence-corrected chi connectivity index (χ3v) is 4.27. The number of nitro groups is 1. The number of nitro benzene ring substituents is 1. The normalized spacial score (nSPS) is 14.1. The molecule has 1 N–H and O–H groups in total. The summed E-state index contributed by atoms with van der Waals surface area (Å²) < 4.78 is 9.68. The van der Waals surface area contributed by atoms with E-state index in [4.69, 9.17) is 15.0 Å². The molecule has 0 aromatic heterocycles. The Morgan fingerprint density at radius 2 is 1.71 bits per heavy atom. The Bertz CT molecular complexity index is 936. The van der Waals surface area contributed by atoms with Crippen LogP contribution in [-0.4, -0.2) is 31.1 Å². The minimum absolute atomic E-state index is 0.0448. The Labute approximate surface area is 159 Å². The zero-order chi connectivity index (χ0) is 21.0. The standard InChI is InChI=1S/C17H17N5O6/c1-8-12(16(23)27-3)14(13(9(2)19-8)17(24)28-4)10-6-5-7-11(22(25)26)15(10)20-21-18/h5-7,14,19H,1-4H3. The molecule has 28 heavy (non-hydrogen) atoms. The van der Waals surface area contributed by atoms with Gasteiger partial charge in [0.2, 0.25) is 0 Å². The summed E-state index contributed by atoms with van der Waals surface area (Å²) >= 11 is 0. The quantitative estimate of drug-likeness (QED) is 0.203. The van der Waals surface area contributed by atoms with E-state index < -0.39 is 28.5 Å². The number of carbonyl (C=O) groups is 2. The first-order valence-corrected chi connectivity index (χ1v) is 7.96. The number of dihydropyridines is 1. The van der Waals surface area contributed by atoms with Crippen molar-refractivity contribution in [3.05, 3.63) is 66.9 Å². The van der Waals surface area contributed by atoms with Gasteiger partial charge in [-0.2, -0.15) is 0 Å². The molecule has 0 aliphatic carbocycles. The highest BCUT2D eigenvalue weighted by Gasteiger charge is 2.39. The number of benzene rings is 1. The first kappa shape index (κ1) is 20.5. The van der Waals surface area contributed by atoms with Crippen molar-refractivity contribution in [3.8, 4) is 0 Å². The van der Waals surface area contributed by atoms with Crippen LogP contribution < -0.4 is 5.32 Å². The summed E-state index contributed by atoms with van der Waals surface area (Å²) in [6.07, 6.45) is 0. The summed E-state index contributed by atoms with van der Waals surface area (Å²) in [7, 11) is 2.34. The van der Waals surface area contributed by atoms with Crippen molar-refractivity contribution in [1.29, 1.82) is 0 Å². The SMILES string of the molecule is COC(=O)C1=C(C)NC(C)=C(C(=O)OC)C1c1cccc([N+](=O)[O-])c1N=[N+]=[N-]. The molecule has 0 radical (unpaired) electrons. The van der Waals surface area contributed by atoms with Gasteiger partial charge in [0, 0.05) is 22.4 Å². The van der Waals surface area contributed by atoms with Crippen LogP contribution in [0, 0.1) is 10.1 Å². The van der Waals surface area contributed by atoms with Gasteiger partial charge in [-0.25, -0.2) is 9.59 Å². The first-order valence-electron chi connectivity index (χ1n) is 7.96. The molecule has 0 bridgehead atoms. The average Bonchev–Trinajstić information content (AvgIpc) is 2.66. The molecule has 0 unspecified atom stereocenters. The monoisotopic (exact) mass is 387 g/mol. The molecule has 11 nitrogen and oxygen atoms in total. The van der Waals surface area contributed by atoms with Crippen LogP contribution >= 0.6 is 0 Å². The van der Waals surface area contributed by atoms with Crippen LogP contribution in [-0.2, 0) is 19.1 Å². The first-order chi connectivity index (χ1) is 13.3. The number of nitrogens with one attached hydrogen (secondary N) is 1. The number of carbonyl (C=O) groups excluding carboxylic acids is 2. The zero-order valence-electron chi connectivity index (χ0n) is 15.5. The van der Waals surface area contributed by atoms with Gasteiger partial charge < -0.3 is 14.8 Å². The topological polar surface area (TPSA) is 157 Å². The van der Waals surface area contributed by atoms with Crippen molar-refractivity contribution in [1.82, 2.24) is 5.32 Å². The van der Waals surface area contributed by atoms with Crippen LogP contribution in [0.1, 0.15) is 25.3 Å². The molecule has 1 aromatic carbocycles. The third-order valence-electron chi connectivity index (χ3n) is 4.27. The van der Waals surface area contributed by atoms with Gasteiger partial charge >= 0.3 is 11.9 Å². The summed E-state index contributed by atoms with van der Waals surface area (Å²) in [6.45, 7) is 3.20. The molecule has 0 saturated carbocycles. The molecular weight excluding hydrogens is 370 g/mol. The number of ether oxygens (including phenoxy) is 2. The summed E-state index contributed by atoms with van der Waals surface area (Å²) in [4.78, 5) is 38.3. The van der Waals surface area contributed by atoms with Gasteiger partial charge in [0.05, 0.1) is 36.2 Å². The molecule has 0 amide bonds. The Hall–Kier alpha value is -3.85. The Morgan fingerprint density at radius 1 is 1.18 bits per heavy atom. The molecule has 1 aliphatic rings. The maximum absolute atomic E-state index is 12.5. The minimum Gasteiger partial charge on any atom is -0.466 e. The van der Waals surface area contributed by atoms with Gasteiger partial charge in [-0.05, 0) is 24.9 Å². The number of allylic oxidation sites excluding steroid dienone is 2. The van der Waals surface area contributed by atoms with Gasteiger partial charge in [0.25, 0.3) is 5.69 Å². The van der Waals surface area contributed by atoms with E-state index in [0.717, 1.165) is 6.07 Å². The molecule has 0 atom stereocenters. The van der Waals surface area contributed by atoms with E-state index in [0.29, 0.717) is 11.4 Å². The van der Waals surface area contributed by atoms with Crippen LogP contribution in [0.4, 0.5) is 11.4 Å². The maximum atomic E-state index is 12.5. The lowest BCUT2D eigenvalue weighted by atomic mass is 9.79.